The zero-order valence-corrected chi connectivity index (χ0v) is 27.1. The normalized spacial score (nSPS) is 14.7. The van der Waals surface area contributed by atoms with Crippen LogP contribution in [-0.4, -0.2) is 43.4 Å². The van der Waals surface area contributed by atoms with Crippen molar-refractivity contribution in [3.63, 3.8) is 0 Å². The highest BCUT2D eigenvalue weighted by Gasteiger charge is 2.34. The highest BCUT2D eigenvalue weighted by molar-refractivity contribution is 7.07. The van der Waals surface area contributed by atoms with Gasteiger partial charge in [0.05, 0.1) is 59.4 Å². The van der Waals surface area contributed by atoms with Crippen molar-refractivity contribution >= 4 is 41.0 Å². The Morgan fingerprint density at radius 2 is 1.87 bits per heavy atom. The van der Waals surface area contributed by atoms with Crippen LogP contribution in [0.15, 0.2) is 74.0 Å². The summed E-state index contributed by atoms with van der Waals surface area (Å²) in [7, 11) is 2.81. The Kier molecular flexibility index (Phi) is 9.31. The van der Waals surface area contributed by atoms with E-state index in [2.05, 4.69) is 4.99 Å². The number of halogens is 1. The van der Waals surface area contributed by atoms with E-state index in [9.17, 15) is 14.4 Å². The molecule has 45 heavy (non-hydrogen) atoms. The first kappa shape index (κ1) is 31.8. The molecule has 1 aliphatic rings. The van der Waals surface area contributed by atoms with Gasteiger partial charge in [-0.3, -0.25) is 9.36 Å². The van der Waals surface area contributed by atoms with Gasteiger partial charge in [-0.2, -0.15) is 0 Å². The predicted octanol–water partition coefficient (Wildman–Crippen LogP) is 5.29. The van der Waals surface area contributed by atoms with Crippen LogP contribution < -0.4 is 24.4 Å². The lowest BCUT2D eigenvalue weighted by molar-refractivity contribution is -0.139. The Labute approximate surface area is 267 Å². The van der Waals surface area contributed by atoms with E-state index < -0.39 is 18.0 Å². The topological polar surface area (TPSA) is 119 Å². The number of esters is 2. The number of hydrogen-bond donors (Lipinski definition) is 0. The SMILES string of the molecule is CCOC(=O)C1=C(C)N=c2s/c(=C/c3ccc(-c4ccc(Cl)c(C(=O)OC)c4)o3)c(=O)n2[C@H]1c1ccc(OC(C)C)c(OC)c1. The van der Waals surface area contributed by atoms with Crippen molar-refractivity contribution in [2.45, 2.75) is 39.8 Å². The summed E-state index contributed by atoms with van der Waals surface area (Å²) in [6, 6.07) is 12.8. The monoisotopic (exact) mass is 650 g/mol. The van der Waals surface area contributed by atoms with E-state index in [1.165, 1.54) is 30.1 Å². The van der Waals surface area contributed by atoms with Crippen molar-refractivity contribution in [3.05, 3.63) is 101 Å². The summed E-state index contributed by atoms with van der Waals surface area (Å²) in [6.45, 7) is 7.42. The van der Waals surface area contributed by atoms with Crippen LogP contribution in [0.4, 0.5) is 0 Å². The number of carbonyl (C=O) groups excluding carboxylic acids is 2. The van der Waals surface area contributed by atoms with Crippen LogP contribution >= 0.6 is 22.9 Å². The first-order valence-corrected chi connectivity index (χ1v) is 15.3. The summed E-state index contributed by atoms with van der Waals surface area (Å²) in [5, 5.41) is 0.255. The molecule has 3 heterocycles. The molecule has 0 unspecified atom stereocenters. The first-order chi connectivity index (χ1) is 21.6. The second-order valence-electron chi connectivity index (χ2n) is 10.3. The van der Waals surface area contributed by atoms with Gasteiger partial charge in [0.15, 0.2) is 16.3 Å². The number of hydrogen-bond acceptors (Lipinski definition) is 10. The van der Waals surface area contributed by atoms with Crippen molar-refractivity contribution in [3.8, 4) is 22.8 Å². The number of furan rings is 1. The Hall–Kier alpha value is -4.61. The van der Waals surface area contributed by atoms with E-state index in [1.807, 2.05) is 13.8 Å². The molecular formula is C33H31ClN2O8S. The van der Waals surface area contributed by atoms with E-state index in [0.29, 0.717) is 49.2 Å². The number of nitrogens with zero attached hydrogens (tertiary/aromatic N) is 2. The number of thiazole rings is 1. The molecule has 0 aliphatic carbocycles. The molecule has 2 aromatic heterocycles. The van der Waals surface area contributed by atoms with Crippen LogP contribution in [0, 0.1) is 0 Å². The maximum Gasteiger partial charge on any atom is 0.339 e. The second kappa shape index (κ2) is 13.2. The molecule has 0 amide bonds. The average Bonchev–Trinajstić information content (AvgIpc) is 3.60. The van der Waals surface area contributed by atoms with E-state index >= 15 is 0 Å². The minimum absolute atomic E-state index is 0.0867. The first-order valence-electron chi connectivity index (χ1n) is 14.1. The third-order valence-corrected chi connectivity index (χ3v) is 8.25. The van der Waals surface area contributed by atoms with Gasteiger partial charge in [0.25, 0.3) is 5.56 Å². The Morgan fingerprint density at radius 3 is 2.56 bits per heavy atom. The lowest BCUT2D eigenvalue weighted by Crippen LogP contribution is -2.40. The quantitative estimate of drug-likeness (QED) is 0.224. The Balaban J connectivity index is 1.62. The molecule has 5 rings (SSSR count). The summed E-state index contributed by atoms with van der Waals surface area (Å²) in [6.07, 6.45) is 1.53. The molecule has 1 atom stereocenters. The van der Waals surface area contributed by atoms with E-state index in [4.69, 9.17) is 35.0 Å². The van der Waals surface area contributed by atoms with Gasteiger partial charge in [-0.05, 0) is 75.7 Å². The molecule has 0 fully saturated rings. The third kappa shape index (κ3) is 6.31. The number of ether oxygens (including phenoxy) is 4. The van der Waals surface area contributed by atoms with Gasteiger partial charge in [-0.1, -0.05) is 29.0 Å². The summed E-state index contributed by atoms with van der Waals surface area (Å²) >= 11 is 7.34. The van der Waals surface area contributed by atoms with Gasteiger partial charge in [-0.15, -0.1) is 0 Å². The fourth-order valence-electron chi connectivity index (χ4n) is 4.97. The van der Waals surface area contributed by atoms with Gasteiger partial charge in [0, 0.05) is 11.6 Å². The average molecular weight is 651 g/mol. The molecular weight excluding hydrogens is 620 g/mol. The number of benzene rings is 2. The van der Waals surface area contributed by atoms with Crippen LogP contribution in [0.5, 0.6) is 11.5 Å². The number of carbonyl (C=O) groups is 2. The summed E-state index contributed by atoms with van der Waals surface area (Å²) in [5.41, 5.74) is 1.76. The standard InChI is InChI=1S/C33H31ClN2O8S/c1-7-42-32(39)28-18(4)35-33-36(29(28)20-9-12-25(43-17(2)3)26(15-20)40-5)30(37)27(45-33)16-21-10-13-24(44-21)19-8-11-23(34)22(14-19)31(38)41-6/h8-17,29H,7H2,1-6H3/b27-16+/t29-/m0/s1. The van der Waals surface area contributed by atoms with Crippen molar-refractivity contribution in [2.75, 3.05) is 20.8 Å². The zero-order valence-electron chi connectivity index (χ0n) is 25.5. The minimum atomic E-state index is -0.831. The van der Waals surface area contributed by atoms with Gasteiger partial charge < -0.3 is 23.4 Å². The van der Waals surface area contributed by atoms with Gasteiger partial charge in [0.1, 0.15) is 11.5 Å². The number of methoxy groups -OCH3 is 2. The van der Waals surface area contributed by atoms with Gasteiger partial charge >= 0.3 is 11.9 Å². The molecule has 0 bridgehead atoms. The van der Waals surface area contributed by atoms with E-state index in [-0.39, 0.29) is 34.4 Å². The molecule has 0 radical (unpaired) electrons. The van der Waals surface area contributed by atoms with Crippen molar-refractivity contribution in [1.82, 2.24) is 4.57 Å². The number of rotatable bonds is 9. The zero-order chi connectivity index (χ0) is 32.4. The molecule has 2 aromatic carbocycles. The van der Waals surface area contributed by atoms with E-state index in [0.717, 1.165) is 0 Å². The van der Waals surface area contributed by atoms with Crippen LogP contribution in [0.25, 0.3) is 17.4 Å². The molecule has 12 heteroatoms. The van der Waals surface area contributed by atoms with Crippen LogP contribution in [0.1, 0.15) is 55.4 Å². The summed E-state index contributed by atoms with van der Waals surface area (Å²) < 4.78 is 29.5. The molecule has 4 aromatic rings. The van der Waals surface area contributed by atoms with Crippen molar-refractivity contribution < 1.29 is 33.0 Å². The smallest absolute Gasteiger partial charge is 0.339 e. The molecule has 0 spiro atoms. The lowest BCUT2D eigenvalue weighted by atomic mass is 9.95. The van der Waals surface area contributed by atoms with Crippen molar-refractivity contribution in [2.24, 2.45) is 4.99 Å². The number of aromatic nitrogens is 1. The van der Waals surface area contributed by atoms with E-state index in [1.54, 1.807) is 68.5 Å². The van der Waals surface area contributed by atoms with Crippen LogP contribution in [0.3, 0.4) is 0 Å². The fraction of sp³-hybridized carbons (Fsp3) is 0.273. The predicted molar refractivity (Wildman–Crippen MR) is 170 cm³/mol. The summed E-state index contributed by atoms with van der Waals surface area (Å²) in [4.78, 5) is 44.4. The molecule has 1 aliphatic heterocycles. The molecule has 0 N–H and O–H groups in total. The molecule has 10 nitrogen and oxygen atoms in total. The second-order valence-corrected chi connectivity index (χ2v) is 11.7. The maximum absolute atomic E-state index is 14.0. The van der Waals surface area contributed by atoms with Gasteiger partial charge in [-0.25, -0.2) is 14.6 Å². The lowest BCUT2D eigenvalue weighted by Gasteiger charge is -2.25. The molecule has 234 valence electrons. The Morgan fingerprint density at radius 1 is 1.09 bits per heavy atom. The van der Waals surface area contributed by atoms with Crippen LogP contribution in [0.2, 0.25) is 5.02 Å². The largest absolute Gasteiger partial charge is 0.493 e. The fourth-order valence-corrected chi connectivity index (χ4v) is 6.19. The van der Waals surface area contributed by atoms with Gasteiger partial charge in [0.2, 0.25) is 0 Å². The van der Waals surface area contributed by atoms with Crippen LogP contribution in [-0.2, 0) is 14.3 Å². The Bertz CT molecular complexity index is 2000. The maximum atomic E-state index is 14.0. The number of allylic oxidation sites excluding steroid dienone is 1. The highest BCUT2D eigenvalue weighted by Crippen LogP contribution is 2.36. The van der Waals surface area contributed by atoms with Crippen molar-refractivity contribution in [1.29, 1.82) is 0 Å². The number of fused-ring (bicyclic) bond motifs is 1. The third-order valence-electron chi connectivity index (χ3n) is 6.94. The summed E-state index contributed by atoms with van der Waals surface area (Å²) in [5.74, 6) is 0.729. The highest BCUT2D eigenvalue weighted by atomic mass is 35.5. The minimum Gasteiger partial charge on any atom is -0.493 e. The molecule has 0 saturated heterocycles. The molecule has 0 saturated carbocycles.